The van der Waals surface area contributed by atoms with Crippen molar-refractivity contribution < 1.29 is 14.3 Å². The first-order valence-corrected chi connectivity index (χ1v) is 7.09. The molecule has 0 amide bonds. The van der Waals surface area contributed by atoms with Gasteiger partial charge in [0.2, 0.25) is 0 Å². The van der Waals surface area contributed by atoms with Gasteiger partial charge in [0.25, 0.3) is 0 Å². The molecule has 116 valence electrons. The van der Waals surface area contributed by atoms with E-state index in [1.165, 1.54) is 12.1 Å². The van der Waals surface area contributed by atoms with Crippen LogP contribution in [0.2, 0.25) is 0 Å². The molecular weight excluding hydrogens is 283 g/mol. The van der Waals surface area contributed by atoms with E-state index in [9.17, 15) is 9.18 Å². The standard InChI is InChI=1S/C17H19FN2O2/c1-11(17(21)22)2-3-12-4-7-14(8-5-12)20-16-9-6-13(18)10-15(16)19/h4-11,20H,2-3,19H2,1H3,(H,21,22). The Labute approximate surface area is 128 Å². The number of halogens is 1. The van der Waals surface area contributed by atoms with Gasteiger partial charge < -0.3 is 16.2 Å². The molecule has 0 aliphatic heterocycles. The predicted octanol–water partition coefficient (Wildman–Crippen LogP) is 3.80. The zero-order chi connectivity index (χ0) is 16.1. The average Bonchev–Trinajstić information content (AvgIpc) is 2.49. The number of nitrogens with one attached hydrogen (secondary N) is 1. The van der Waals surface area contributed by atoms with E-state index in [4.69, 9.17) is 10.8 Å². The highest BCUT2D eigenvalue weighted by Crippen LogP contribution is 2.24. The van der Waals surface area contributed by atoms with Gasteiger partial charge in [-0.15, -0.1) is 0 Å². The van der Waals surface area contributed by atoms with E-state index in [0.29, 0.717) is 24.2 Å². The Morgan fingerprint density at radius 2 is 1.95 bits per heavy atom. The molecule has 1 unspecified atom stereocenters. The van der Waals surface area contributed by atoms with Crippen LogP contribution in [-0.4, -0.2) is 11.1 Å². The van der Waals surface area contributed by atoms with Crippen LogP contribution in [0.15, 0.2) is 42.5 Å². The highest BCUT2D eigenvalue weighted by molar-refractivity contribution is 5.72. The molecular formula is C17H19FN2O2. The van der Waals surface area contributed by atoms with Gasteiger partial charge in [0.05, 0.1) is 17.3 Å². The van der Waals surface area contributed by atoms with E-state index in [0.717, 1.165) is 11.3 Å². The topological polar surface area (TPSA) is 75.3 Å². The SMILES string of the molecule is CC(CCc1ccc(Nc2ccc(F)cc2N)cc1)C(=O)O. The van der Waals surface area contributed by atoms with Gasteiger partial charge in [-0.3, -0.25) is 4.79 Å². The Kier molecular flexibility index (Phi) is 4.99. The van der Waals surface area contributed by atoms with Gasteiger partial charge in [-0.25, -0.2) is 4.39 Å². The number of carbonyl (C=O) groups is 1. The van der Waals surface area contributed by atoms with Gasteiger partial charge in [-0.2, -0.15) is 0 Å². The highest BCUT2D eigenvalue weighted by atomic mass is 19.1. The number of aliphatic carboxylic acids is 1. The van der Waals surface area contributed by atoms with Gasteiger partial charge in [-0.05, 0) is 48.7 Å². The molecule has 0 aromatic heterocycles. The van der Waals surface area contributed by atoms with Crippen molar-refractivity contribution in [2.75, 3.05) is 11.1 Å². The number of benzene rings is 2. The lowest BCUT2D eigenvalue weighted by atomic mass is 10.0. The smallest absolute Gasteiger partial charge is 0.306 e. The molecule has 1 atom stereocenters. The molecule has 4 nitrogen and oxygen atoms in total. The van der Waals surface area contributed by atoms with Crippen molar-refractivity contribution in [3.8, 4) is 0 Å². The number of hydrogen-bond acceptors (Lipinski definition) is 3. The minimum Gasteiger partial charge on any atom is -0.481 e. The fraction of sp³-hybridized carbons (Fsp3) is 0.235. The lowest BCUT2D eigenvalue weighted by molar-refractivity contribution is -0.141. The third kappa shape index (κ3) is 4.22. The van der Waals surface area contributed by atoms with E-state index in [2.05, 4.69) is 5.32 Å². The van der Waals surface area contributed by atoms with E-state index >= 15 is 0 Å². The molecule has 2 aromatic carbocycles. The molecule has 0 bridgehead atoms. The van der Waals surface area contributed by atoms with Crippen LogP contribution >= 0.6 is 0 Å². The number of rotatable bonds is 6. The molecule has 0 heterocycles. The van der Waals surface area contributed by atoms with E-state index in [1.54, 1.807) is 13.0 Å². The maximum absolute atomic E-state index is 13.0. The molecule has 2 aromatic rings. The molecule has 0 aliphatic carbocycles. The molecule has 0 saturated heterocycles. The number of aryl methyl sites for hydroxylation is 1. The summed E-state index contributed by atoms with van der Waals surface area (Å²) in [7, 11) is 0. The molecule has 0 fully saturated rings. The minimum atomic E-state index is -0.773. The van der Waals surface area contributed by atoms with E-state index < -0.39 is 5.97 Å². The summed E-state index contributed by atoms with van der Waals surface area (Å²) in [5, 5.41) is 12.0. The summed E-state index contributed by atoms with van der Waals surface area (Å²) in [5.74, 6) is -1.49. The predicted molar refractivity (Wildman–Crippen MR) is 85.7 cm³/mol. The van der Waals surface area contributed by atoms with Crippen molar-refractivity contribution in [3.05, 3.63) is 53.8 Å². The van der Waals surface area contributed by atoms with Crippen LogP contribution in [-0.2, 0) is 11.2 Å². The van der Waals surface area contributed by atoms with Crippen LogP contribution in [0.25, 0.3) is 0 Å². The van der Waals surface area contributed by atoms with Crippen molar-refractivity contribution >= 4 is 23.0 Å². The lowest BCUT2D eigenvalue weighted by Crippen LogP contribution is -2.10. The molecule has 0 radical (unpaired) electrons. The van der Waals surface area contributed by atoms with Crippen LogP contribution in [0.5, 0.6) is 0 Å². The van der Waals surface area contributed by atoms with Crippen LogP contribution in [0.1, 0.15) is 18.9 Å². The van der Waals surface area contributed by atoms with Crippen LogP contribution in [0.4, 0.5) is 21.5 Å². The van der Waals surface area contributed by atoms with Crippen LogP contribution in [0.3, 0.4) is 0 Å². The number of carboxylic acids is 1. The lowest BCUT2D eigenvalue weighted by Gasteiger charge is -2.10. The number of anilines is 3. The number of hydrogen-bond donors (Lipinski definition) is 3. The number of nitrogens with two attached hydrogens (primary N) is 1. The van der Waals surface area contributed by atoms with E-state index in [-0.39, 0.29) is 11.7 Å². The second kappa shape index (κ2) is 6.93. The third-order valence-corrected chi connectivity index (χ3v) is 3.53. The summed E-state index contributed by atoms with van der Waals surface area (Å²) < 4.78 is 13.0. The van der Waals surface area contributed by atoms with Gasteiger partial charge in [0, 0.05) is 5.69 Å². The van der Waals surface area contributed by atoms with Gasteiger partial charge in [0.1, 0.15) is 5.82 Å². The maximum Gasteiger partial charge on any atom is 0.306 e. The first-order chi connectivity index (χ1) is 10.5. The van der Waals surface area contributed by atoms with Gasteiger partial charge in [0.15, 0.2) is 0 Å². The molecule has 4 N–H and O–H groups in total. The Bertz CT molecular complexity index is 656. The summed E-state index contributed by atoms with van der Waals surface area (Å²) in [6.45, 7) is 1.70. The Hall–Kier alpha value is -2.56. The van der Waals surface area contributed by atoms with Crippen molar-refractivity contribution in [1.82, 2.24) is 0 Å². The Morgan fingerprint density at radius 3 is 2.55 bits per heavy atom. The fourth-order valence-corrected chi connectivity index (χ4v) is 2.06. The molecule has 2 rings (SSSR count). The van der Waals surface area contributed by atoms with Gasteiger partial charge in [-0.1, -0.05) is 19.1 Å². The molecule has 0 aliphatic rings. The summed E-state index contributed by atoms with van der Waals surface area (Å²) in [6, 6.07) is 11.9. The molecule has 0 spiro atoms. The zero-order valence-electron chi connectivity index (χ0n) is 12.3. The van der Waals surface area contributed by atoms with Gasteiger partial charge >= 0.3 is 5.97 Å². The summed E-state index contributed by atoms with van der Waals surface area (Å²) >= 11 is 0. The normalized spacial score (nSPS) is 11.9. The largest absolute Gasteiger partial charge is 0.481 e. The molecule has 0 saturated carbocycles. The summed E-state index contributed by atoms with van der Waals surface area (Å²) in [6.07, 6.45) is 1.32. The highest BCUT2D eigenvalue weighted by Gasteiger charge is 2.10. The van der Waals surface area contributed by atoms with E-state index in [1.807, 2.05) is 24.3 Å². The van der Waals surface area contributed by atoms with Crippen LogP contribution < -0.4 is 11.1 Å². The second-order valence-corrected chi connectivity index (χ2v) is 5.33. The summed E-state index contributed by atoms with van der Waals surface area (Å²) in [5.41, 5.74) is 8.66. The second-order valence-electron chi connectivity index (χ2n) is 5.33. The van der Waals surface area contributed by atoms with Crippen molar-refractivity contribution in [2.24, 2.45) is 5.92 Å². The third-order valence-electron chi connectivity index (χ3n) is 3.53. The number of carboxylic acid groups (broad SMARTS) is 1. The first kappa shape index (κ1) is 15.8. The van der Waals surface area contributed by atoms with Crippen molar-refractivity contribution in [3.63, 3.8) is 0 Å². The molecule has 5 heteroatoms. The first-order valence-electron chi connectivity index (χ1n) is 7.09. The molecule has 22 heavy (non-hydrogen) atoms. The average molecular weight is 302 g/mol. The Balaban J connectivity index is 1.98. The monoisotopic (exact) mass is 302 g/mol. The van der Waals surface area contributed by atoms with Crippen molar-refractivity contribution in [1.29, 1.82) is 0 Å². The minimum absolute atomic E-state index is 0.347. The number of nitrogen functional groups attached to an aromatic ring is 1. The fourth-order valence-electron chi connectivity index (χ4n) is 2.06. The zero-order valence-corrected chi connectivity index (χ0v) is 12.3. The summed E-state index contributed by atoms with van der Waals surface area (Å²) in [4.78, 5) is 10.8. The van der Waals surface area contributed by atoms with Crippen molar-refractivity contribution in [2.45, 2.75) is 19.8 Å². The van der Waals surface area contributed by atoms with Crippen LogP contribution in [0, 0.1) is 11.7 Å². The maximum atomic E-state index is 13.0. The Morgan fingerprint density at radius 1 is 1.27 bits per heavy atom. The quantitative estimate of drug-likeness (QED) is 0.709.